The van der Waals surface area contributed by atoms with Gasteiger partial charge in [0.05, 0.1) is 0 Å². The molecule has 0 aromatic heterocycles. The number of rotatable bonds is 8. The van der Waals surface area contributed by atoms with Crippen molar-refractivity contribution in [2.45, 2.75) is 113 Å². The minimum absolute atomic E-state index is 0. The normalized spacial score (nSPS) is 16.1. The van der Waals surface area contributed by atoms with Crippen LogP contribution in [0.25, 0.3) is 0 Å². The van der Waals surface area contributed by atoms with Gasteiger partial charge >= 0.3 is 82.2 Å². The molecule has 0 aliphatic heterocycles. The molecule has 0 N–H and O–H groups in total. The van der Waals surface area contributed by atoms with Crippen LogP contribution in [0.4, 0.5) is 0 Å². The summed E-state index contributed by atoms with van der Waals surface area (Å²) >= 11 is 0. The van der Waals surface area contributed by atoms with E-state index in [9.17, 15) is 9.59 Å². The Hall–Kier alpha value is 1.17. The molecule has 0 aliphatic carbocycles. The summed E-state index contributed by atoms with van der Waals surface area (Å²) in [5.74, 6) is -1.02. The van der Waals surface area contributed by atoms with Crippen LogP contribution in [-0.4, -0.2) is 93.4 Å². The molecule has 0 aromatic rings. The van der Waals surface area contributed by atoms with Crippen molar-refractivity contribution < 1.29 is 19.1 Å². The number of carbonyl (C=O) groups excluding carboxylic acids is 2. The van der Waals surface area contributed by atoms with Crippen molar-refractivity contribution >= 4 is 82.2 Å². The predicted octanol–water partition coefficient (Wildman–Crippen LogP) is 4.38. The molecule has 0 saturated carbocycles. The molecule has 0 heterocycles. The van der Waals surface area contributed by atoms with Crippen molar-refractivity contribution in [1.82, 2.24) is 0 Å². The van der Waals surface area contributed by atoms with Crippen LogP contribution >= 0.6 is 0 Å². The van der Waals surface area contributed by atoms with E-state index in [1.54, 1.807) is 0 Å². The van der Waals surface area contributed by atoms with Crippen LogP contribution in [0.3, 0.4) is 0 Å². The molecule has 0 spiro atoms. The average molecular weight is 405 g/mol. The molecule has 0 amide bonds. The third kappa shape index (κ3) is 10.2. The topological polar surface area (TPSA) is 52.6 Å². The average Bonchev–Trinajstić information content (AvgIpc) is 2.35. The zero-order valence-corrected chi connectivity index (χ0v) is 18.2. The van der Waals surface area contributed by atoms with Gasteiger partial charge in [-0.1, -0.05) is 68.2 Å². The van der Waals surface area contributed by atoms with E-state index < -0.39 is 23.1 Å². The summed E-state index contributed by atoms with van der Waals surface area (Å²) in [6.07, 6.45) is 2.98. The van der Waals surface area contributed by atoms with Crippen molar-refractivity contribution in [2.75, 3.05) is 0 Å². The van der Waals surface area contributed by atoms with Crippen LogP contribution in [0.1, 0.15) is 101 Å². The van der Waals surface area contributed by atoms with Crippen LogP contribution in [-0.2, 0) is 19.1 Å². The van der Waals surface area contributed by atoms with Gasteiger partial charge in [0.2, 0.25) is 0 Å². The second-order valence-corrected chi connectivity index (χ2v) is 9.59. The molecule has 4 nitrogen and oxygen atoms in total. The fraction of sp³-hybridized carbons (Fsp3) is 0.905. The van der Waals surface area contributed by atoms with Gasteiger partial charge in [0.1, 0.15) is 17.6 Å². The fourth-order valence-electron chi connectivity index (χ4n) is 2.80. The third-order valence-corrected chi connectivity index (χ3v) is 5.59. The van der Waals surface area contributed by atoms with Crippen LogP contribution in [0.15, 0.2) is 0 Å². The Morgan fingerprint density at radius 1 is 0.667 bits per heavy atom. The molecule has 152 valence electrons. The van der Waals surface area contributed by atoms with Gasteiger partial charge in [0.25, 0.3) is 0 Å². The van der Waals surface area contributed by atoms with Gasteiger partial charge in [-0.15, -0.1) is 0 Å². The summed E-state index contributed by atoms with van der Waals surface area (Å²) in [5, 5.41) is 0. The summed E-state index contributed by atoms with van der Waals surface area (Å²) < 4.78 is 11.5. The van der Waals surface area contributed by atoms with Gasteiger partial charge in [-0.25, -0.2) is 0 Å². The Labute approximate surface area is 222 Å². The van der Waals surface area contributed by atoms with E-state index in [4.69, 9.17) is 9.47 Å². The van der Waals surface area contributed by atoms with E-state index >= 15 is 0 Å². The summed E-state index contributed by atoms with van der Waals surface area (Å²) in [6.45, 7) is 20.3. The van der Waals surface area contributed by atoms with Crippen molar-refractivity contribution in [3.63, 3.8) is 0 Å². The maximum absolute atomic E-state index is 12.4. The Morgan fingerprint density at radius 3 is 1.11 bits per heavy atom. The first-order valence-electron chi connectivity index (χ1n) is 9.55. The van der Waals surface area contributed by atoms with Crippen LogP contribution in [0.5, 0.6) is 0 Å². The SMILES string of the molecule is CCCC(C)(OC(=O)CC(=O)OC(C)(CCC)C(C)(C)C)C(C)(C)C.[KH].[LiH]. The van der Waals surface area contributed by atoms with Gasteiger partial charge in [-0.2, -0.15) is 0 Å². The Balaban J connectivity index is -0.00000288. The first-order valence-corrected chi connectivity index (χ1v) is 9.55. The second kappa shape index (κ2) is 12.8. The zero-order valence-electron chi connectivity index (χ0n) is 18.2. The summed E-state index contributed by atoms with van der Waals surface area (Å²) in [5.41, 5.74) is -1.61. The molecule has 6 heteroatoms. The Kier molecular flexibility index (Phi) is 15.5. The van der Waals surface area contributed by atoms with Gasteiger partial charge in [-0.05, 0) is 26.7 Å². The van der Waals surface area contributed by atoms with Crippen molar-refractivity contribution in [3.8, 4) is 0 Å². The molecule has 0 aliphatic rings. The molecule has 2 unspecified atom stereocenters. The van der Waals surface area contributed by atoms with E-state index in [-0.39, 0.29) is 87.5 Å². The molecule has 0 rings (SSSR count). The van der Waals surface area contributed by atoms with Crippen molar-refractivity contribution in [2.24, 2.45) is 10.8 Å². The van der Waals surface area contributed by atoms with Crippen LogP contribution in [0, 0.1) is 10.8 Å². The zero-order chi connectivity index (χ0) is 20.1. The van der Waals surface area contributed by atoms with E-state index in [1.165, 1.54) is 0 Å². The molecule has 0 bridgehead atoms. The number of esters is 2. The van der Waals surface area contributed by atoms with Crippen LogP contribution < -0.4 is 0 Å². The molecular formula is C21H42KLiO4. The first kappa shape index (κ1) is 32.8. The maximum atomic E-state index is 12.4. The van der Waals surface area contributed by atoms with Gasteiger partial charge in [-0.3, -0.25) is 9.59 Å². The fourth-order valence-corrected chi connectivity index (χ4v) is 2.80. The number of carbonyl (C=O) groups is 2. The molecular weight excluding hydrogens is 362 g/mol. The van der Waals surface area contributed by atoms with E-state index in [1.807, 2.05) is 55.4 Å². The van der Waals surface area contributed by atoms with Gasteiger partial charge in [0, 0.05) is 10.8 Å². The molecule has 0 saturated heterocycles. The summed E-state index contributed by atoms with van der Waals surface area (Å²) in [6, 6.07) is 0. The monoisotopic (exact) mass is 404 g/mol. The Morgan fingerprint density at radius 2 is 0.926 bits per heavy atom. The molecule has 2 atom stereocenters. The van der Waals surface area contributed by atoms with Crippen molar-refractivity contribution in [1.29, 1.82) is 0 Å². The molecule has 0 radical (unpaired) electrons. The summed E-state index contributed by atoms with van der Waals surface area (Å²) in [4.78, 5) is 24.7. The quantitative estimate of drug-likeness (QED) is 0.342. The molecule has 27 heavy (non-hydrogen) atoms. The minimum atomic E-state index is -0.601. The first-order chi connectivity index (χ1) is 11.1. The molecule has 0 fully saturated rings. The second-order valence-electron chi connectivity index (χ2n) is 9.59. The Bertz CT molecular complexity index is 426. The standard InChI is InChI=1S/C21H40O4.K.Li.2H/c1-11-13-20(9,18(3,4)5)24-16(22)15-17(23)25-21(10,14-12-2)19(6,7)8;;;;/h11-15H2,1-10H3;;;;. The number of hydrogen-bond acceptors (Lipinski definition) is 4. The predicted molar refractivity (Wildman–Crippen MR) is 117 cm³/mol. The number of ether oxygens (including phenoxy) is 2. The molecule has 0 aromatic carbocycles. The van der Waals surface area contributed by atoms with E-state index in [0.29, 0.717) is 0 Å². The van der Waals surface area contributed by atoms with E-state index in [2.05, 4.69) is 13.8 Å². The number of hydrogen-bond donors (Lipinski definition) is 0. The van der Waals surface area contributed by atoms with Crippen LogP contribution in [0.2, 0.25) is 0 Å². The third-order valence-electron chi connectivity index (χ3n) is 5.59. The van der Waals surface area contributed by atoms with Gasteiger partial charge in [0.15, 0.2) is 0 Å². The van der Waals surface area contributed by atoms with E-state index in [0.717, 1.165) is 25.7 Å². The summed E-state index contributed by atoms with van der Waals surface area (Å²) in [7, 11) is 0. The van der Waals surface area contributed by atoms with Gasteiger partial charge < -0.3 is 9.47 Å². The van der Waals surface area contributed by atoms with Crippen molar-refractivity contribution in [3.05, 3.63) is 0 Å².